The van der Waals surface area contributed by atoms with Gasteiger partial charge < -0.3 is 0 Å². The van der Waals surface area contributed by atoms with Gasteiger partial charge in [-0.05, 0) is 23.8 Å². The Morgan fingerprint density at radius 1 is 1.35 bits per heavy atom. The summed E-state index contributed by atoms with van der Waals surface area (Å²) in [6.45, 7) is 1.69. The van der Waals surface area contributed by atoms with Gasteiger partial charge in [0, 0.05) is 24.0 Å². The number of nitrogens with one attached hydrogen (secondary N) is 1. The van der Waals surface area contributed by atoms with Crippen molar-refractivity contribution in [3.8, 4) is 0 Å². The van der Waals surface area contributed by atoms with Crippen LogP contribution < -0.4 is 0 Å². The first kappa shape index (κ1) is 13.8. The van der Waals surface area contributed by atoms with E-state index in [1.54, 1.807) is 6.92 Å². The molecular weight excluding hydrogens is 248 g/mol. The van der Waals surface area contributed by atoms with E-state index in [-0.39, 0.29) is 17.4 Å². The van der Waals surface area contributed by atoms with Crippen LogP contribution in [0.15, 0.2) is 18.2 Å². The third-order valence-electron chi connectivity index (χ3n) is 2.28. The van der Waals surface area contributed by atoms with E-state index in [1.807, 2.05) is 0 Å². The topological polar surface area (TPSA) is 40.9 Å². The lowest BCUT2D eigenvalue weighted by Gasteiger charge is -2.07. The molecule has 1 aromatic rings. The van der Waals surface area contributed by atoms with Crippen LogP contribution in [0.1, 0.15) is 34.8 Å². The minimum absolute atomic E-state index is 0.153. The molecule has 0 aliphatic heterocycles. The standard InChI is InChI=1S/C12H12ClF2NO/c1-2-10(17)8-3-7(5-11(14)15)4-9(6-8)12(13)16/h3-4,6,11,16H,2,5H2,1H3. The summed E-state index contributed by atoms with van der Waals surface area (Å²) in [4.78, 5) is 11.5. The summed E-state index contributed by atoms with van der Waals surface area (Å²) >= 11 is 5.52. The zero-order valence-corrected chi connectivity index (χ0v) is 10.0. The van der Waals surface area contributed by atoms with E-state index in [4.69, 9.17) is 17.0 Å². The quantitative estimate of drug-likeness (QED) is 0.636. The second kappa shape index (κ2) is 5.87. The third-order valence-corrected chi connectivity index (χ3v) is 2.50. The van der Waals surface area contributed by atoms with Gasteiger partial charge in [-0.2, -0.15) is 0 Å². The Hall–Kier alpha value is -1.29. The van der Waals surface area contributed by atoms with E-state index in [0.717, 1.165) is 0 Å². The smallest absolute Gasteiger partial charge is 0.242 e. The van der Waals surface area contributed by atoms with Crippen LogP contribution >= 0.6 is 11.6 Å². The van der Waals surface area contributed by atoms with Crippen molar-refractivity contribution in [2.45, 2.75) is 26.2 Å². The lowest BCUT2D eigenvalue weighted by atomic mass is 10.0. The van der Waals surface area contributed by atoms with Crippen molar-refractivity contribution in [2.75, 3.05) is 0 Å². The van der Waals surface area contributed by atoms with Crippen LogP contribution in [0, 0.1) is 5.41 Å². The molecule has 0 atom stereocenters. The summed E-state index contributed by atoms with van der Waals surface area (Å²) in [5.74, 6) is -0.153. The lowest BCUT2D eigenvalue weighted by Crippen LogP contribution is -2.04. The first-order chi connectivity index (χ1) is 7.93. The Morgan fingerprint density at radius 2 is 1.94 bits per heavy atom. The van der Waals surface area contributed by atoms with Crippen molar-refractivity contribution < 1.29 is 13.6 Å². The number of carbonyl (C=O) groups excluding carboxylic acids is 1. The molecule has 1 rings (SSSR count). The van der Waals surface area contributed by atoms with E-state index < -0.39 is 12.8 Å². The van der Waals surface area contributed by atoms with Gasteiger partial charge in [0.2, 0.25) is 6.43 Å². The first-order valence-electron chi connectivity index (χ1n) is 5.13. The molecule has 0 spiro atoms. The van der Waals surface area contributed by atoms with Crippen molar-refractivity contribution in [1.29, 1.82) is 5.41 Å². The van der Waals surface area contributed by atoms with Crippen LogP contribution in [0.3, 0.4) is 0 Å². The maximum atomic E-state index is 12.3. The molecule has 1 aromatic carbocycles. The van der Waals surface area contributed by atoms with Crippen molar-refractivity contribution in [3.05, 3.63) is 34.9 Å². The highest BCUT2D eigenvalue weighted by Crippen LogP contribution is 2.17. The Kier molecular flexibility index (Phi) is 4.75. The predicted octanol–water partition coefficient (Wildman–Crippen LogP) is 3.65. The summed E-state index contributed by atoms with van der Waals surface area (Å²) in [5, 5.41) is 7.02. The number of halogens is 3. The molecule has 0 radical (unpaired) electrons. The minimum Gasteiger partial charge on any atom is -0.294 e. The van der Waals surface area contributed by atoms with Gasteiger partial charge in [-0.25, -0.2) is 8.78 Å². The summed E-state index contributed by atoms with van der Waals surface area (Å²) in [7, 11) is 0. The summed E-state index contributed by atoms with van der Waals surface area (Å²) in [6.07, 6.45) is -2.64. The van der Waals surface area contributed by atoms with Gasteiger partial charge in [-0.3, -0.25) is 10.2 Å². The van der Waals surface area contributed by atoms with E-state index >= 15 is 0 Å². The highest BCUT2D eigenvalue weighted by Gasteiger charge is 2.12. The zero-order chi connectivity index (χ0) is 13.0. The number of hydrogen-bond donors (Lipinski definition) is 1. The number of ketones is 1. The van der Waals surface area contributed by atoms with Crippen LogP contribution in [0.4, 0.5) is 8.78 Å². The fourth-order valence-corrected chi connectivity index (χ4v) is 1.59. The van der Waals surface area contributed by atoms with Crippen molar-refractivity contribution in [1.82, 2.24) is 0 Å². The molecule has 0 amide bonds. The Morgan fingerprint density at radius 3 is 2.41 bits per heavy atom. The van der Waals surface area contributed by atoms with Gasteiger partial charge >= 0.3 is 0 Å². The zero-order valence-electron chi connectivity index (χ0n) is 9.27. The number of carbonyl (C=O) groups is 1. The minimum atomic E-state index is -2.49. The third kappa shape index (κ3) is 3.89. The van der Waals surface area contributed by atoms with E-state index in [0.29, 0.717) is 16.7 Å². The van der Waals surface area contributed by atoms with Gasteiger partial charge in [0.1, 0.15) is 5.17 Å². The Bertz CT molecular complexity index is 446. The number of alkyl halides is 2. The van der Waals surface area contributed by atoms with Crippen LogP contribution in [-0.2, 0) is 6.42 Å². The molecule has 17 heavy (non-hydrogen) atoms. The maximum absolute atomic E-state index is 12.3. The van der Waals surface area contributed by atoms with Crippen molar-refractivity contribution in [2.24, 2.45) is 0 Å². The van der Waals surface area contributed by atoms with Crippen molar-refractivity contribution >= 4 is 22.6 Å². The monoisotopic (exact) mass is 259 g/mol. The highest BCUT2D eigenvalue weighted by molar-refractivity contribution is 6.68. The second-order valence-electron chi connectivity index (χ2n) is 3.60. The molecule has 0 aliphatic carbocycles. The molecule has 5 heteroatoms. The predicted molar refractivity (Wildman–Crippen MR) is 63.5 cm³/mol. The summed E-state index contributed by atoms with van der Waals surface area (Å²) in [6, 6.07) is 4.30. The second-order valence-corrected chi connectivity index (χ2v) is 3.98. The van der Waals surface area contributed by atoms with Gasteiger partial charge in [-0.15, -0.1) is 0 Å². The average Bonchev–Trinajstić information content (AvgIpc) is 2.26. The van der Waals surface area contributed by atoms with Gasteiger partial charge in [0.15, 0.2) is 5.78 Å². The van der Waals surface area contributed by atoms with Crippen molar-refractivity contribution in [3.63, 3.8) is 0 Å². The molecule has 2 nitrogen and oxygen atoms in total. The number of rotatable bonds is 5. The first-order valence-corrected chi connectivity index (χ1v) is 5.51. The molecule has 0 unspecified atom stereocenters. The molecule has 0 aliphatic rings. The molecule has 1 N–H and O–H groups in total. The van der Waals surface area contributed by atoms with Crippen LogP contribution in [0.5, 0.6) is 0 Å². The molecule has 0 bridgehead atoms. The Balaban J connectivity index is 3.18. The molecule has 0 heterocycles. The molecule has 92 valence electrons. The fraction of sp³-hybridized carbons (Fsp3) is 0.333. The summed E-state index contributed by atoms with van der Waals surface area (Å²) in [5.41, 5.74) is 0.937. The highest BCUT2D eigenvalue weighted by atomic mass is 35.5. The van der Waals surface area contributed by atoms with E-state index in [2.05, 4.69) is 0 Å². The van der Waals surface area contributed by atoms with Crippen LogP contribution in [-0.4, -0.2) is 17.4 Å². The molecule has 0 saturated heterocycles. The fourth-order valence-electron chi connectivity index (χ4n) is 1.48. The molecule has 0 saturated carbocycles. The van der Waals surface area contributed by atoms with Crippen LogP contribution in [0.2, 0.25) is 0 Å². The van der Waals surface area contributed by atoms with Gasteiger partial charge in [-0.1, -0.05) is 18.5 Å². The average molecular weight is 260 g/mol. The van der Waals surface area contributed by atoms with Gasteiger partial charge in [0.05, 0.1) is 0 Å². The van der Waals surface area contributed by atoms with Gasteiger partial charge in [0.25, 0.3) is 0 Å². The number of Topliss-reactive ketones (excluding diaryl/α,β-unsaturated/α-hetero) is 1. The number of benzene rings is 1. The molecule has 0 aromatic heterocycles. The number of hydrogen-bond acceptors (Lipinski definition) is 2. The largest absolute Gasteiger partial charge is 0.294 e. The van der Waals surface area contributed by atoms with E-state index in [9.17, 15) is 13.6 Å². The SMILES string of the molecule is CCC(=O)c1cc(CC(F)F)cc(C(=N)Cl)c1. The van der Waals surface area contributed by atoms with E-state index in [1.165, 1.54) is 18.2 Å². The summed E-state index contributed by atoms with van der Waals surface area (Å²) < 4.78 is 24.6. The Labute approximate surface area is 103 Å². The lowest BCUT2D eigenvalue weighted by molar-refractivity contribution is 0.0987. The normalized spacial score (nSPS) is 10.6. The molecular formula is C12H12ClF2NO. The molecule has 0 fully saturated rings. The van der Waals surface area contributed by atoms with Crippen LogP contribution in [0.25, 0.3) is 0 Å². The maximum Gasteiger partial charge on any atom is 0.242 e.